The number of amides is 4. The molecule has 1 aliphatic rings. The summed E-state index contributed by atoms with van der Waals surface area (Å²) in [5, 5.41) is 4.67. The molecule has 0 aromatic heterocycles. The number of hydrogen-bond acceptors (Lipinski definition) is 5. The van der Waals surface area contributed by atoms with E-state index < -0.39 is 11.7 Å². The van der Waals surface area contributed by atoms with E-state index in [0.717, 1.165) is 11.1 Å². The highest BCUT2D eigenvalue weighted by molar-refractivity contribution is 5.99. The maximum atomic E-state index is 12.8. The van der Waals surface area contributed by atoms with Crippen molar-refractivity contribution < 1.29 is 23.9 Å². The van der Waals surface area contributed by atoms with Crippen molar-refractivity contribution in [3.05, 3.63) is 34.9 Å². The van der Waals surface area contributed by atoms with E-state index in [0.29, 0.717) is 24.9 Å². The molecule has 2 rings (SSSR count). The van der Waals surface area contributed by atoms with Crippen LogP contribution in [0.15, 0.2) is 18.2 Å². The fraction of sp³-hybridized carbons (Fsp3) is 0.455. The highest BCUT2D eigenvalue weighted by atomic mass is 16.6. The number of nitrogens with zero attached hydrogens (tertiary/aromatic N) is 1. The van der Waals surface area contributed by atoms with Gasteiger partial charge in [0.2, 0.25) is 12.3 Å². The average molecular weight is 413 g/mol. The average Bonchev–Trinajstić information content (AvgIpc) is 3.00. The fourth-order valence-corrected chi connectivity index (χ4v) is 3.03. The van der Waals surface area contributed by atoms with E-state index >= 15 is 0 Å². The zero-order valence-electron chi connectivity index (χ0n) is 17.7. The van der Waals surface area contributed by atoms with Crippen molar-refractivity contribution in [1.29, 1.82) is 0 Å². The van der Waals surface area contributed by atoms with Crippen LogP contribution in [0, 0.1) is 11.8 Å². The number of imide groups is 1. The molecule has 1 heterocycles. The van der Waals surface area contributed by atoms with Gasteiger partial charge in [0.1, 0.15) is 5.60 Å². The van der Waals surface area contributed by atoms with Crippen LogP contribution in [0.1, 0.15) is 62.0 Å². The van der Waals surface area contributed by atoms with Gasteiger partial charge in [0.15, 0.2) is 0 Å². The van der Waals surface area contributed by atoms with Gasteiger partial charge in [-0.1, -0.05) is 17.9 Å². The first-order valence-electron chi connectivity index (χ1n) is 9.74. The number of carbonyl (C=O) groups is 4. The number of nitrogens with one attached hydrogen (secondary N) is 2. The summed E-state index contributed by atoms with van der Waals surface area (Å²) in [5.41, 5.74) is 1.56. The molecule has 1 aliphatic heterocycles. The zero-order valence-corrected chi connectivity index (χ0v) is 17.7. The molecule has 1 aromatic rings. The Labute approximate surface area is 176 Å². The molecule has 1 atom stereocenters. The Morgan fingerprint density at radius 1 is 1.33 bits per heavy atom. The molecule has 1 unspecified atom stereocenters. The van der Waals surface area contributed by atoms with Crippen LogP contribution in [0.4, 0.5) is 4.79 Å². The number of alkyl carbamates (subject to hydrolysis) is 1. The van der Waals surface area contributed by atoms with Crippen molar-refractivity contribution in [3.8, 4) is 11.8 Å². The summed E-state index contributed by atoms with van der Waals surface area (Å²) < 4.78 is 5.16. The summed E-state index contributed by atoms with van der Waals surface area (Å²) in [6, 6.07) is 5.19. The van der Waals surface area contributed by atoms with Crippen LogP contribution in [0.3, 0.4) is 0 Å². The minimum Gasteiger partial charge on any atom is -0.444 e. The van der Waals surface area contributed by atoms with Crippen LogP contribution in [-0.2, 0) is 20.9 Å². The number of carbonyl (C=O) groups excluding carboxylic acids is 4. The SMILES string of the molecule is CC(CCC(=O)NC=O)N1Cc2c(C#CCNC(=O)OC(C)(C)C)cccc2C1=O. The molecule has 8 nitrogen and oxygen atoms in total. The Bertz CT molecular complexity index is 892. The van der Waals surface area contributed by atoms with Gasteiger partial charge in [-0.2, -0.15) is 0 Å². The fourth-order valence-electron chi connectivity index (χ4n) is 3.03. The van der Waals surface area contributed by atoms with Gasteiger partial charge in [0.25, 0.3) is 5.91 Å². The molecule has 0 spiro atoms. The van der Waals surface area contributed by atoms with Crippen LogP contribution in [0.5, 0.6) is 0 Å². The maximum Gasteiger partial charge on any atom is 0.408 e. The maximum absolute atomic E-state index is 12.8. The lowest BCUT2D eigenvalue weighted by molar-refractivity contribution is -0.125. The smallest absolute Gasteiger partial charge is 0.408 e. The van der Waals surface area contributed by atoms with Crippen molar-refractivity contribution in [1.82, 2.24) is 15.5 Å². The van der Waals surface area contributed by atoms with E-state index in [1.54, 1.807) is 37.8 Å². The standard InChI is InChI=1S/C22H27N3O5/c1-15(10-11-19(27)24-14-26)25-13-18-16(7-5-9-17(18)20(25)28)8-6-12-23-21(29)30-22(2,3)4/h5,7,9,14-15H,10-13H2,1-4H3,(H,23,29)(H,24,26,27). The summed E-state index contributed by atoms with van der Waals surface area (Å²) in [5.74, 6) is 5.41. The number of hydrogen-bond donors (Lipinski definition) is 2. The lowest BCUT2D eigenvalue weighted by Crippen LogP contribution is -2.34. The molecule has 0 fully saturated rings. The summed E-state index contributed by atoms with van der Waals surface area (Å²) in [7, 11) is 0. The van der Waals surface area contributed by atoms with Crippen LogP contribution in [0.2, 0.25) is 0 Å². The van der Waals surface area contributed by atoms with Crippen molar-refractivity contribution in [2.75, 3.05) is 6.54 Å². The van der Waals surface area contributed by atoms with E-state index in [1.165, 1.54) is 0 Å². The molecule has 30 heavy (non-hydrogen) atoms. The van der Waals surface area contributed by atoms with Gasteiger partial charge in [-0.3, -0.25) is 19.7 Å². The highest BCUT2D eigenvalue weighted by Crippen LogP contribution is 2.28. The molecule has 0 radical (unpaired) electrons. The third-order valence-electron chi connectivity index (χ3n) is 4.48. The Morgan fingerprint density at radius 2 is 2.07 bits per heavy atom. The van der Waals surface area contributed by atoms with E-state index in [1.807, 2.05) is 13.0 Å². The molecule has 1 aromatic carbocycles. The van der Waals surface area contributed by atoms with Crippen molar-refractivity contribution >= 4 is 24.3 Å². The molecular formula is C22H27N3O5. The first kappa shape index (κ1) is 22.9. The van der Waals surface area contributed by atoms with E-state index in [9.17, 15) is 19.2 Å². The second kappa shape index (κ2) is 9.92. The van der Waals surface area contributed by atoms with E-state index in [2.05, 4.69) is 22.5 Å². The van der Waals surface area contributed by atoms with Gasteiger partial charge in [-0.15, -0.1) is 0 Å². The first-order chi connectivity index (χ1) is 14.1. The first-order valence-corrected chi connectivity index (χ1v) is 9.74. The quantitative estimate of drug-likeness (QED) is 0.548. The number of benzene rings is 1. The summed E-state index contributed by atoms with van der Waals surface area (Å²) >= 11 is 0. The van der Waals surface area contributed by atoms with Gasteiger partial charge in [-0.25, -0.2) is 4.79 Å². The summed E-state index contributed by atoms with van der Waals surface area (Å²) in [6.45, 7) is 7.74. The Morgan fingerprint density at radius 3 is 2.73 bits per heavy atom. The van der Waals surface area contributed by atoms with Gasteiger partial charge in [0, 0.05) is 30.1 Å². The minimum absolute atomic E-state index is 0.108. The second-order valence-corrected chi connectivity index (χ2v) is 8.00. The largest absolute Gasteiger partial charge is 0.444 e. The Kier molecular flexibility index (Phi) is 7.59. The van der Waals surface area contributed by atoms with Crippen LogP contribution in [0.25, 0.3) is 0 Å². The highest BCUT2D eigenvalue weighted by Gasteiger charge is 2.32. The predicted octanol–water partition coefficient (Wildman–Crippen LogP) is 1.96. The molecule has 4 amide bonds. The van der Waals surface area contributed by atoms with Gasteiger partial charge < -0.3 is 15.0 Å². The van der Waals surface area contributed by atoms with Gasteiger partial charge in [0.05, 0.1) is 6.54 Å². The van der Waals surface area contributed by atoms with Gasteiger partial charge >= 0.3 is 6.09 Å². The van der Waals surface area contributed by atoms with Crippen LogP contribution >= 0.6 is 0 Å². The molecule has 0 saturated heterocycles. The minimum atomic E-state index is -0.577. The number of fused-ring (bicyclic) bond motifs is 1. The molecule has 160 valence electrons. The number of rotatable bonds is 6. The van der Waals surface area contributed by atoms with Crippen molar-refractivity contribution in [3.63, 3.8) is 0 Å². The van der Waals surface area contributed by atoms with E-state index in [-0.39, 0.29) is 30.8 Å². The van der Waals surface area contributed by atoms with Crippen LogP contribution in [-0.4, -0.2) is 47.4 Å². The lowest BCUT2D eigenvalue weighted by Gasteiger charge is -2.24. The molecule has 2 N–H and O–H groups in total. The molecule has 8 heteroatoms. The number of ether oxygens (including phenoxy) is 1. The normalized spacial score (nSPS) is 13.6. The summed E-state index contributed by atoms with van der Waals surface area (Å²) in [4.78, 5) is 47.9. The lowest BCUT2D eigenvalue weighted by atomic mass is 10.0. The summed E-state index contributed by atoms with van der Waals surface area (Å²) in [6.07, 6.45) is 0.416. The zero-order chi connectivity index (χ0) is 22.3. The molecule has 0 bridgehead atoms. The monoisotopic (exact) mass is 413 g/mol. The third-order valence-corrected chi connectivity index (χ3v) is 4.48. The van der Waals surface area contributed by atoms with Crippen molar-refractivity contribution in [2.45, 2.75) is 58.7 Å². The third kappa shape index (κ3) is 6.34. The topological polar surface area (TPSA) is 105 Å². The molecule has 0 aliphatic carbocycles. The second-order valence-electron chi connectivity index (χ2n) is 8.00. The molecule has 0 saturated carbocycles. The predicted molar refractivity (Wildman–Crippen MR) is 110 cm³/mol. The Hall–Kier alpha value is -3.34. The Balaban J connectivity index is 2.01. The van der Waals surface area contributed by atoms with Crippen molar-refractivity contribution in [2.24, 2.45) is 0 Å². The molecular weight excluding hydrogens is 386 g/mol. The van der Waals surface area contributed by atoms with E-state index in [4.69, 9.17) is 4.74 Å². The van der Waals surface area contributed by atoms with Gasteiger partial charge in [-0.05, 0) is 51.8 Å². The van der Waals surface area contributed by atoms with Crippen LogP contribution < -0.4 is 10.6 Å².